The van der Waals surface area contributed by atoms with E-state index in [0.717, 1.165) is 43.9 Å². The highest BCUT2D eigenvalue weighted by atomic mass is 16.5. The summed E-state index contributed by atoms with van der Waals surface area (Å²) in [6.45, 7) is 2.69. The zero-order chi connectivity index (χ0) is 16.6. The molecule has 1 fully saturated rings. The molecule has 1 aliphatic rings. The molecule has 2 aromatic heterocycles. The van der Waals surface area contributed by atoms with Gasteiger partial charge in [0.05, 0.1) is 18.8 Å². The van der Waals surface area contributed by atoms with E-state index in [1.165, 1.54) is 0 Å². The smallest absolute Gasteiger partial charge is 0.220 e. The second-order valence-electron chi connectivity index (χ2n) is 5.97. The molecule has 1 N–H and O–H groups in total. The lowest BCUT2D eigenvalue weighted by molar-refractivity contribution is -0.121. The molecule has 1 saturated heterocycles. The number of aryl methyl sites for hydroxylation is 1. The number of carbonyl (C=O) groups excluding carboxylic acids is 1. The van der Waals surface area contributed by atoms with Crippen molar-refractivity contribution in [1.29, 1.82) is 0 Å². The fraction of sp³-hybridized carbons (Fsp3) is 0.529. The minimum absolute atomic E-state index is 0.0309. The van der Waals surface area contributed by atoms with Crippen molar-refractivity contribution in [3.05, 3.63) is 42.2 Å². The summed E-state index contributed by atoms with van der Waals surface area (Å²) in [4.78, 5) is 20.9. The van der Waals surface area contributed by atoms with Crippen LogP contribution < -0.4 is 5.32 Å². The van der Waals surface area contributed by atoms with Crippen molar-refractivity contribution in [3.63, 3.8) is 0 Å². The molecule has 0 bridgehead atoms. The van der Waals surface area contributed by atoms with E-state index in [1.54, 1.807) is 12.4 Å². The maximum Gasteiger partial charge on any atom is 0.220 e. The van der Waals surface area contributed by atoms with Gasteiger partial charge in [-0.2, -0.15) is 5.10 Å². The van der Waals surface area contributed by atoms with Crippen LogP contribution in [-0.4, -0.2) is 38.9 Å². The fourth-order valence-electron chi connectivity index (χ4n) is 2.76. The van der Waals surface area contributed by atoms with Crippen molar-refractivity contribution < 1.29 is 9.53 Å². The average Bonchev–Trinajstić information content (AvgIpc) is 3.14. The lowest BCUT2D eigenvalue weighted by Gasteiger charge is -2.20. The number of hydrogen-bond acceptors (Lipinski definition) is 5. The quantitative estimate of drug-likeness (QED) is 0.835. The molecule has 7 heteroatoms. The van der Waals surface area contributed by atoms with Gasteiger partial charge in [-0.3, -0.25) is 9.48 Å². The van der Waals surface area contributed by atoms with Gasteiger partial charge in [-0.1, -0.05) is 0 Å². The van der Waals surface area contributed by atoms with Crippen LogP contribution in [-0.2, 0) is 22.6 Å². The lowest BCUT2D eigenvalue weighted by atomic mass is 10.0. The van der Waals surface area contributed by atoms with Gasteiger partial charge in [0.2, 0.25) is 5.91 Å². The second kappa shape index (κ2) is 8.54. The van der Waals surface area contributed by atoms with Gasteiger partial charge in [0, 0.05) is 44.1 Å². The van der Waals surface area contributed by atoms with Crippen molar-refractivity contribution >= 4 is 5.91 Å². The van der Waals surface area contributed by atoms with E-state index in [0.29, 0.717) is 19.6 Å². The van der Waals surface area contributed by atoms with Crippen molar-refractivity contribution in [2.45, 2.75) is 44.7 Å². The van der Waals surface area contributed by atoms with Crippen LogP contribution in [0.4, 0.5) is 0 Å². The van der Waals surface area contributed by atoms with Crippen molar-refractivity contribution in [2.75, 3.05) is 13.2 Å². The van der Waals surface area contributed by atoms with Crippen LogP contribution in [0.5, 0.6) is 0 Å². The fourth-order valence-corrected chi connectivity index (χ4v) is 2.76. The van der Waals surface area contributed by atoms with Crippen LogP contribution in [0, 0.1) is 0 Å². The molecular formula is C17H23N5O2. The van der Waals surface area contributed by atoms with Gasteiger partial charge in [0.15, 0.2) is 0 Å². The largest absolute Gasteiger partial charge is 0.381 e. The summed E-state index contributed by atoms with van der Waals surface area (Å²) in [7, 11) is 0. The molecule has 2 aromatic rings. The van der Waals surface area contributed by atoms with Crippen LogP contribution in [0.2, 0.25) is 0 Å². The van der Waals surface area contributed by atoms with Crippen LogP contribution in [0.1, 0.15) is 43.1 Å². The standard InChI is InChI=1S/C17H23N5O2/c23-16(5-1-9-22-10-3-7-20-22)19-12-15-6-8-18-17(21-15)14-4-2-11-24-13-14/h3,6-8,10,14H,1-2,4-5,9,11-13H2,(H,19,23)/t14-/m0/s1. The summed E-state index contributed by atoms with van der Waals surface area (Å²) in [5, 5.41) is 7.04. The van der Waals surface area contributed by atoms with Gasteiger partial charge in [-0.15, -0.1) is 0 Å². The Balaban J connectivity index is 1.43. The predicted molar refractivity (Wildman–Crippen MR) is 88.1 cm³/mol. The topological polar surface area (TPSA) is 81.9 Å². The van der Waals surface area contributed by atoms with Crippen LogP contribution >= 0.6 is 0 Å². The summed E-state index contributed by atoms with van der Waals surface area (Å²) in [6.07, 6.45) is 8.75. The van der Waals surface area contributed by atoms with E-state index in [1.807, 2.05) is 23.0 Å². The third-order valence-electron chi connectivity index (χ3n) is 4.07. The van der Waals surface area contributed by atoms with Crippen LogP contribution in [0.15, 0.2) is 30.7 Å². The molecule has 0 aromatic carbocycles. The molecule has 7 nitrogen and oxygen atoms in total. The third-order valence-corrected chi connectivity index (χ3v) is 4.07. The molecule has 1 amide bonds. The molecule has 24 heavy (non-hydrogen) atoms. The SMILES string of the molecule is O=C(CCCn1cccn1)NCc1ccnc([C@H]2CCCOC2)n1. The number of rotatable bonds is 7. The molecular weight excluding hydrogens is 306 g/mol. The number of hydrogen-bond donors (Lipinski definition) is 1. The Morgan fingerprint density at radius 1 is 1.42 bits per heavy atom. The number of carbonyl (C=O) groups is 1. The predicted octanol–water partition coefficient (Wildman–Crippen LogP) is 1.66. The number of ether oxygens (including phenoxy) is 1. The van der Waals surface area contributed by atoms with E-state index < -0.39 is 0 Å². The van der Waals surface area contributed by atoms with Crippen molar-refractivity contribution in [2.24, 2.45) is 0 Å². The first-order valence-corrected chi connectivity index (χ1v) is 8.45. The highest BCUT2D eigenvalue weighted by Gasteiger charge is 2.18. The van der Waals surface area contributed by atoms with E-state index in [-0.39, 0.29) is 11.8 Å². The van der Waals surface area contributed by atoms with Gasteiger partial charge in [-0.25, -0.2) is 9.97 Å². The zero-order valence-electron chi connectivity index (χ0n) is 13.7. The molecule has 0 unspecified atom stereocenters. The molecule has 3 rings (SSSR count). The van der Waals surface area contributed by atoms with Gasteiger partial charge < -0.3 is 10.1 Å². The Morgan fingerprint density at radius 3 is 3.17 bits per heavy atom. The van der Waals surface area contributed by atoms with E-state index in [4.69, 9.17) is 4.74 Å². The Morgan fingerprint density at radius 2 is 2.38 bits per heavy atom. The first kappa shape index (κ1) is 16.6. The average molecular weight is 329 g/mol. The normalized spacial score (nSPS) is 17.6. The lowest BCUT2D eigenvalue weighted by Crippen LogP contribution is -2.24. The van der Waals surface area contributed by atoms with Gasteiger partial charge in [0.1, 0.15) is 5.82 Å². The third kappa shape index (κ3) is 4.86. The molecule has 0 radical (unpaired) electrons. The molecule has 1 aliphatic heterocycles. The monoisotopic (exact) mass is 329 g/mol. The molecule has 128 valence electrons. The summed E-state index contributed by atoms with van der Waals surface area (Å²) in [6, 6.07) is 3.72. The Bertz CT molecular complexity index is 638. The minimum Gasteiger partial charge on any atom is -0.381 e. The van der Waals surface area contributed by atoms with Gasteiger partial charge in [-0.05, 0) is 31.4 Å². The zero-order valence-corrected chi connectivity index (χ0v) is 13.7. The Hall–Kier alpha value is -2.28. The molecule has 0 spiro atoms. The van der Waals surface area contributed by atoms with Crippen LogP contribution in [0.25, 0.3) is 0 Å². The van der Waals surface area contributed by atoms with Gasteiger partial charge in [0.25, 0.3) is 0 Å². The van der Waals surface area contributed by atoms with E-state index in [2.05, 4.69) is 20.4 Å². The first-order chi connectivity index (χ1) is 11.8. The number of aromatic nitrogens is 4. The number of nitrogens with one attached hydrogen (secondary N) is 1. The van der Waals surface area contributed by atoms with E-state index in [9.17, 15) is 4.79 Å². The molecule has 0 saturated carbocycles. The summed E-state index contributed by atoms with van der Waals surface area (Å²) >= 11 is 0. The molecule has 0 aliphatic carbocycles. The Kier molecular flexibility index (Phi) is 5.90. The van der Waals surface area contributed by atoms with Crippen LogP contribution in [0.3, 0.4) is 0 Å². The number of amides is 1. The number of nitrogens with zero attached hydrogens (tertiary/aromatic N) is 4. The second-order valence-corrected chi connectivity index (χ2v) is 5.97. The Labute approximate surface area is 141 Å². The highest BCUT2D eigenvalue weighted by Crippen LogP contribution is 2.22. The first-order valence-electron chi connectivity index (χ1n) is 8.45. The maximum absolute atomic E-state index is 11.9. The summed E-state index contributed by atoms with van der Waals surface area (Å²) in [5.74, 6) is 1.12. The van der Waals surface area contributed by atoms with Gasteiger partial charge >= 0.3 is 0 Å². The van der Waals surface area contributed by atoms with Crippen molar-refractivity contribution in [1.82, 2.24) is 25.1 Å². The maximum atomic E-state index is 11.9. The highest BCUT2D eigenvalue weighted by molar-refractivity contribution is 5.75. The summed E-state index contributed by atoms with van der Waals surface area (Å²) in [5.41, 5.74) is 0.839. The van der Waals surface area contributed by atoms with Crippen molar-refractivity contribution in [3.8, 4) is 0 Å². The summed E-state index contributed by atoms with van der Waals surface area (Å²) < 4.78 is 7.32. The molecule has 1 atom stereocenters. The molecule has 3 heterocycles. The van der Waals surface area contributed by atoms with E-state index >= 15 is 0 Å². The minimum atomic E-state index is 0.0309.